The third-order valence-electron chi connectivity index (χ3n) is 4.41. The number of nitrogens with one attached hydrogen (secondary N) is 1. The van der Waals surface area contributed by atoms with Crippen molar-refractivity contribution in [2.45, 2.75) is 25.1 Å². The number of carbonyl (C=O) groups excluding carboxylic acids is 2. The molecule has 1 spiro atoms. The third-order valence-corrected chi connectivity index (χ3v) is 4.41. The first-order valence-corrected chi connectivity index (χ1v) is 7.72. The van der Waals surface area contributed by atoms with E-state index in [9.17, 15) is 18.4 Å². The lowest BCUT2D eigenvalue weighted by Crippen LogP contribution is -2.58. The van der Waals surface area contributed by atoms with Crippen molar-refractivity contribution in [2.24, 2.45) is 0 Å². The van der Waals surface area contributed by atoms with Crippen LogP contribution in [0, 0.1) is 0 Å². The van der Waals surface area contributed by atoms with Crippen molar-refractivity contribution in [2.75, 3.05) is 26.2 Å². The highest BCUT2D eigenvalue weighted by Crippen LogP contribution is 2.28. The molecule has 2 saturated heterocycles. The molecule has 0 aliphatic carbocycles. The Bertz CT molecular complexity index is 601. The highest BCUT2D eigenvalue weighted by Gasteiger charge is 2.40. The molecule has 0 radical (unpaired) electrons. The summed E-state index contributed by atoms with van der Waals surface area (Å²) in [5, 5.41) is 2.80. The molecule has 2 aliphatic heterocycles. The summed E-state index contributed by atoms with van der Waals surface area (Å²) in [6, 6.07) is 5.65. The fourth-order valence-corrected chi connectivity index (χ4v) is 2.98. The first kappa shape index (κ1) is 16.6. The molecule has 2 heterocycles. The zero-order valence-corrected chi connectivity index (χ0v) is 13.0. The minimum Gasteiger partial charge on any atom is -0.435 e. The van der Waals surface area contributed by atoms with Crippen LogP contribution in [0.2, 0.25) is 0 Å². The molecule has 6 nitrogen and oxygen atoms in total. The molecular weight excluding hydrogens is 322 g/mol. The van der Waals surface area contributed by atoms with Crippen molar-refractivity contribution < 1.29 is 27.8 Å². The van der Waals surface area contributed by atoms with Gasteiger partial charge in [0.1, 0.15) is 12.4 Å². The van der Waals surface area contributed by atoms with Gasteiger partial charge in [0, 0.05) is 25.2 Å². The quantitative estimate of drug-likeness (QED) is 0.903. The minimum absolute atomic E-state index is 0.0190. The van der Waals surface area contributed by atoms with E-state index in [2.05, 4.69) is 10.1 Å². The van der Waals surface area contributed by atoms with Gasteiger partial charge in [-0.1, -0.05) is 0 Å². The first-order chi connectivity index (χ1) is 11.5. The van der Waals surface area contributed by atoms with Crippen LogP contribution in [0.25, 0.3) is 0 Å². The molecule has 130 valence electrons. The predicted octanol–water partition coefficient (Wildman–Crippen LogP) is 1.41. The second kappa shape index (κ2) is 6.72. The van der Waals surface area contributed by atoms with Crippen molar-refractivity contribution in [3.05, 3.63) is 29.8 Å². The molecular formula is C16H18F2N2O4. The maximum Gasteiger partial charge on any atom is 0.387 e. The third kappa shape index (κ3) is 3.64. The van der Waals surface area contributed by atoms with Gasteiger partial charge < -0.3 is 19.7 Å². The summed E-state index contributed by atoms with van der Waals surface area (Å²) in [7, 11) is 0. The van der Waals surface area contributed by atoms with Gasteiger partial charge in [-0.05, 0) is 37.1 Å². The summed E-state index contributed by atoms with van der Waals surface area (Å²) in [6.07, 6.45) is 1.29. The molecule has 0 saturated carbocycles. The highest BCUT2D eigenvalue weighted by molar-refractivity contribution is 5.94. The van der Waals surface area contributed by atoms with Crippen LogP contribution in [0.1, 0.15) is 23.2 Å². The SMILES string of the molecule is O=C1COC2(CCN(C(=O)c3ccc(OC(F)F)cc3)CC2)CN1. The van der Waals surface area contributed by atoms with E-state index in [1.807, 2.05) is 0 Å². The molecule has 2 aliphatic rings. The van der Waals surface area contributed by atoms with Gasteiger partial charge in [0.2, 0.25) is 5.91 Å². The number of carbonyl (C=O) groups is 2. The van der Waals surface area contributed by atoms with Gasteiger partial charge in [-0.2, -0.15) is 8.78 Å². The lowest BCUT2D eigenvalue weighted by atomic mass is 9.89. The number of piperidine rings is 1. The zero-order valence-electron chi connectivity index (χ0n) is 13.0. The van der Waals surface area contributed by atoms with Gasteiger partial charge in [0.15, 0.2) is 0 Å². The Hall–Kier alpha value is -2.22. The van der Waals surface area contributed by atoms with E-state index in [4.69, 9.17) is 4.74 Å². The van der Waals surface area contributed by atoms with E-state index < -0.39 is 6.61 Å². The van der Waals surface area contributed by atoms with E-state index in [1.54, 1.807) is 4.90 Å². The molecule has 0 atom stereocenters. The van der Waals surface area contributed by atoms with Crippen LogP contribution in [0.3, 0.4) is 0 Å². The fourth-order valence-electron chi connectivity index (χ4n) is 2.98. The zero-order chi connectivity index (χ0) is 17.2. The number of halogens is 2. The second-order valence-electron chi connectivity index (χ2n) is 5.94. The summed E-state index contributed by atoms with van der Waals surface area (Å²) in [4.78, 5) is 25.4. The van der Waals surface area contributed by atoms with Crippen LogP contribution in [0.4, 0.5) is 8.78 Å². The maximum atomic E-state index is 12.5. The van der Waals surface area contributed by atoms with Crippen LogP contribution in [0.5, 0.6) is 5.75 Å². The van der Waals surface area contributed by atoms with E-state index in [1.165, 1.54) is 24.3 Å². The lowest BCUT2D eigenvalue weighted by Gasteiger charge is -2.43. The molecule has 3 rings (SSSR count). The molecule has 1 aromatic rings. The van der Waals surface area contributed by atoms with E-state index in [0.29, 0.717) is 38.0 Å². The average Bonchev–Trinajstić information content (AvgIpc) is 2.58. The number of nitrogens with zero attached hydrogens (tertiary/aromatic N) is 1. The topological polar surface area (TPSA) is 67.9 Å². The number of amides is 2. The van der Waals surface area contributed by atoms with E-state index >= 15 is 0 Å². The number of benzene rings is 1. The van der Waals surface area contributed by atoms with Crippen molar-refractivity contribution in [1.82, 2.24) is 10.2 Å². The molecule has 24 heavy (non-hydrogen) atoms. The minimum atomic E-state index is -2.89. The Morgan fingerprint density at radius 1 is 1.25 bits per heavy atom. The molecule has 8 heteroatoms. The number of rotatable bonds is 3. The molecule has 1 aromatic carbocycles. The highest BCUT2D eigenvalue weighted by atomic mass is 19.3. The molecule has 0 aromatic heterocycles. The van der Waals surface area contributed by atoms with Crippen molar-refractivity contribution in [1.29, 1.82) is 0 Å². The Morgan fingerprint density at radius 2 is 1.92 bits per heavy atom. The van der Waals surface area contributed by atoms with E-state index in [-0.39, 0.29) is 29.8 Å². The Labute approximate surface area is 137 Å². The number of alkyl halides is 2. The number of morpholine rings is 1. The molecule has 2 fully saturated rings. The summed E-state index contributed by atoms with van der Waals surface area (Å²) in [6.45, 7) is -1.33. The largest absolute Gasteiger partial charge is 0.435 e. The van der Waals surface area contributed by atoms with Gasteiger partial charge in [-0.15, -0.1) is 0 Å². The van der Waals surface area contributed by atoms with Crippen LogP contribution in [0.15, 0.2) is 24.3 Å². The Morgan fingerprint density at radius 3 is 2.46 bits per heavy atom. The Kier molecular flexibility index (Phi) is 4.66. The Balaban J connectivity index is 1.58. The van der Waals surface area contributed by atoms with Gasteiger partial charge in [-0.25, -0.2) is 0 Å². The molecule has 2 amide bonds. The number of likely N-dealkylation sites (tertiary alicyclic amines) is 1. The van der Waals surface area contributed by atoms with Crippen molar-refractivity contribution in [3.8, 4) is 5.75 Å². The number of ether oxygens (including phenoxy) is 2. The summed E-state index contributed by atoms with van der Waals surface area (Å²) in [5.74, 6) is -0.260. The normalized spacial score (nSPS) is 20.1. The van der Waals surface area contributed by atoms with Gasteiger partial charge >= 0.3 is 6.61 Å². The maximum absolute atomic E-state index is 12.5. The monoisotopic (exact) mass is 340 g/mol. The van der Waals surface area contributed by atoms with Crippen LogP contribution < -0.4 is 10.1 Å². The van der Waals surface area contributed by atoms with E-state index in [0.717, 1.165) is 0 Å². The van der Waals surface area contributed by atoms with Gasteiger partial charge in [-0.3, -0.25) is 9.59 Å². The lowest BCUT2D eigenvalue weighted by molar-refractivity contribution is -0.149. The predicted molar refractivity (Wildman–Crippen MR) is 79.9 cm³/mol. The second-order valence-corrected chi connectivity index (χ2v) is 5.94. The summed E-state index contributed by atoms with van der Waals surface area (Å²) < 4.78 is 34.2. The van der Waals surface area contributed by atoms with Crippen molar-refractivity contribution in [3.63, 3.8) is 0 Å². The standard InChI is InChI=1S/C16H18F2N2O4/c17-15(18)24-12-3-1-11(2-4-12)14(22)20-7-5-16(6-8-20)10-19-13(21)9-23-16/h1-4,15H,5-10H2,(H,19,21). The van der Waals surface area contributed by atoms with Crippen LogP contribution >= 0.6 is 0 Å². The van der Waals surface area contributed by atoms with Crippen LogP contribution in [-0.4, -0.2) is 55.2 Å². The number of hydrogen-bond donors (Lipinski definition) is 1. The summed E-state index contributed by atoms with van der Waals surface area (Å²) in [5.41, 5.74) is 0.0325. The van der Waals surface area contributed by atoms with Crippen LogP contribution in [-0.2, 0) is 9.53 Å². The first-order valence-electron chi connectivity index (χ1n) is 7.72. The molecule has 1 N–H and O–H groups in total. The summed E-state index contributed by atoms with van der Waals surface area (Å²) >= 11 is 0. The molecule has 0 unspecified atom stereocenters. The fraction of sp³-hybridized carbons (Fsp3) is 0.500. The average molecular weight is 340 g/mol. The molecule has 0 bridgehead atoms. The smallest absolute Gasteiger partial charge is 0.387 e. The van der Waals surface area contributed by atoms with Gasteiger partial charge in [0.05, 0.1) is 5.60 Å². The number of hydrogen-bond acceptors (Lipinski definition) is 4. The van der Waals surface area contributed by atoms with Crippen molar-refractivity contribution >= 4 is 11.8 Å². The van der Waals surface area contributed by atoms with Gasteiger partial charge in [0.25, 0.3) is 5.91 Å².